The van der Waals surface area contributed by atoms with Gasteiger partial charge in [-0.1, -0.05) is 6.07 Å². The number of benzene rings is 2. The Hall–Kier alpha value is -3.29. The van der Waals surface area contributed by atoms with Crippen LogP contribution in [-0.4, -0.2) is 37.7 Å². The first-order valence-electron chi connectivity index (χ1n) is 8.97. The van der Waals surface area contributed by atoms with Crippen molar-refractivity contribution in [2.24, 2.45) is 4.99 Å². The Labute approximate surface area is 160 Å². The molecule has 2 heterocycles. The number of hydrogen-bond donors (Lipinski definition) is 2. The molecule has 1 saturated heterocycles. The van der Waals surface area contributed by atoms with Crippen LogP contribution >= 0.6 is 0 Å². The lowest BCUT2D eigenvalue weighted by atomic mass is 10.0. The predicted octanol–water partition coefficient (Wildman–Crippen LogP) is 2.73. The maximum Gasteiger partial charge on any atom is 0.237 e. The topological polar surface area (TPSA) is 73.8 Å². The molecular weight excluding hydrogens is 366 g/mol. The van der Waals surface area contributed by atoms with Crippen LogP contribution in [0.1, 0.15) is 17.9 Å². The zero-order valence-electron chi connectivity index (χ0n) is 14.9. The van der Waals surface area contributed by atoms with Gasteiger partial charge in [-0.25, -0.2) is 8.78 Å². The van der Waals surface area contributed by atoms with Crippen molar-refractivity contribution in [3.8, 4) is 0 Å². The monoisotopic (exact) mass is 384 g/mol. The highest BCUT2D eigenvalue weighted by molar-refractivity contribution is 6.12. The van der Waals surface area contributed by atoms with E-state index in [1.54, 1.807) is 23.1 Å². The van der Waals surface area contributed by atoms with Crippen molar-refractivity contribution in [2.75, 3.05) is 29.9 Å². The number of anilines is 2. The number of carbonyl (C=O) groups excluding carboxylic acids is 2. The van der Waals surface area contributed by atoms with E-state index in [1.165, 1.54) is 24.4 Å². The zero-order chi connectivity index (χ0) is 19.7. The van der Waals surface area contributed by atoms with Crippen molar-refractivity contribution in [2.45, 2.75) is 12.3 Å². The first-order valence-corrected chi connectivity index (χ1v) is 8.97. The first kappa shape index (κ1) is 18.1. The second kappa shape index (κ2) is 7.38. The van der Waals surface area contributed by atoms with Crippen LogP contribution in [0.4, 0.5) is 25.8 Å². The fourth-order valence-corrected chi connectivity index (χ4v) is 3.45. The third kappa shape index (κ3) is 3.45. The number of hydrogen-bond acceptors (Lipinski definition) is 4. The Bertz CT molecular complexity index is 977. The quantitative estimate of drug-likeness (QED) is 0.800. The van der Waals surface area contributed by atoms with Gasteiger partial charge in [-0.15, -0.1) is 0 Å². The van der Waals surface area contributed by atoms with Gasteiger partial charge in [-0.05, 0) is 24.3 Å². The molecule has 0 bridgehead atoms. The normalized spacial score (nSPS) is 19.4. The average Bonchev–Trinajstić information content (AvgIpc) is 2.84. The lowest BCUT2D eigenvalue weighted by Crippen LogP contribution is -2.28. The second-order valence-corrected chi connectivity index (χ2v) is 6.67. The molecule has 0 aliphatic carbocycles. The second-order valence-electron chi connectivity index (χ2n) is 6.67. The smallest absolute Gasteiger partial charge is 0.237 e. The molecule has 2 aromatic rings. The van der Waals surface area contributed by atoms with Gasteiger partial charge in [-0.2, -0.15) is 0 Å². The maximum atomic E-state index is 14.6. The number of rotatable bonds is 3. The van der Waals surface area contributed by atoms with Gasteiger partial charge in [0, 0.05) is 49.6 Å². The van der Waals surface area contributed by atoms with Gasteiger partial charge in [0.15, 0.2) is 0 Å². The molecule has 2 aromatic carbocycles. The van der Waals surface area contributed by atoms with E-state index in [-0.39, 0.29) is 17.4 Å². The Balaban J connectivity index is 1.54. The van der Waals surface area contributed by atoms with Gasteiger partial charge in [0.25, 0.3) is 0 Å². The van der Waals surface area contributed by atoms with Crippen molar-refractivity contribution in [3.05, 3.63) is 53.6 Å². The summed E-state index contributed by atoms with van der Waals surface area (Å²) in [5.74, 6) is -2.24. The number of amides is 2. The summed E-state index contributed by atoms with van der Waals surface area (Å²) in [6.45, 7) is 1.41. The molecule has 0 aromatic heterocycles. The number of nitrogens with zero attached hydrogens (tertiary/aromatic N) is 2. The minimum Gasteiger partial charge on any atom is -0.367 e. The van der Waals surface area contributed by atoms with E-state index in [9.17, 15) is 18.4 Å². The minimum absolute atomic E-state index is 0.0496. The van der Waals surface area contributed by atoms with E-state index in [1.807, 2.05) is 0 Å². The number of carbonyl (C=O) groups is 2. The van der Waals surface area contributed by atoms with Gasteiger partial charge in [-0.3, -0.25) is 14.6 Å². The molecule has 0 saturated carbocycles. The number of fused-ring (bicyclic) bond motifs is 1. The van der Waals surface area contributed by atoms with Crippen LogP contribution in [0.15, 0.2) is 41.4 Å². The molecule has 144 valence electrons. The first-order chi connectivity index (χ1) is 13.5. The summed E-state index contributed by atoms with van der Waals surface area (Å²) in [5, 5.41) is 5.36. The van der Waals surface area contributed by atoms with Crippen molar-refractivity contribution in [3.63, 3.8) is 0 Å². The van der Waals surface area contributed by atoms with E-state index in [0.29, 0.717) is 43.1 Å². The van der Waals surface area contributed by atoms with Gasteiger partial charge >= 0.3 is 0 Å². The van der Waals surface area contributed by atoms with E-state index < -0.39 is 17.6 Å². The summed E-state index contributed by atoms with van der Waals surface area (Å²) >= 11 is 0. The van der Waals surface area contributed by atoms with Crippen LogP contribution in [0.25, 0.3) is 0 Å². The van der Waals surface area contributed by atoms with Crippen molar-refractivity contribution in [1.82, 2.24) is 5.32 Å². The van der Waals surface area contributed by atoms with Crippen LogP contribution in [0.5, 0.6) is 0 Å². The standard InChI is InChI=1S/C20H18F2N4O2/c21-14-2-1-3-16-19(14)13(20(28)25-16)11-24-12-4-5-17(15(22)10-12)26-8-6-18(27)23-7-9-26/h1-5,10-11,13H,6-9H2,(H,23,27)(H,25,28). The molecule has 2 N–H and O–H groups in total. The van der Waals surface area contributed by atoms with Crippen molar-refractivity contribution < 1.29 is 18.4 Å². The van der Waals surface area contributed by atoms with E-state index in [2.05, 4.69) is 15.6 Å². The van der Waals surface area contributed by atoms with E-state index >= 15 is 0 Å². The molecule has 8 heteroatoms. The molecular formula is C20H18F2N4O2. The highest BCUT2D eigenvalue weighted by Crippen LogP contribution is 2.34. The van der Waals surface area contributed by atoms with Gasteiger partial charge in [0.2, 0.25) is 11.8 Å². The molecule has 28 heavy (non-hydrogen) atoms. The maximum absolute atomic E-state index is 14.6. The minimum atomic E-state index is -0.860. The van der Waals surface area contributed by atoms with Crippen molar-refractivity contribution >= 4 is 35.1 Å². The Kier molecular flexibility index (Phi) is 4.77. The third-order valence-corrected chi connectivity index (χ3v) is 4.86. The SMILES string of the molecule is O=C1CCN(c2ccc(N=CC3C(=O)Nc4cccc(F)c43)cc2F)CCN1. The lowest BCUT2D eigenvalue weighted by molar-refractivity contribution is -0.120. The zero-order valence-corrected chi connectivity index (χ0v) is 14.9. The Morgan fingerprint density at radius 2 is 1.96 bits per heavy atom. The average molecular weight is 384 g/mol. The van der Waals surface area contributed by atoms with E-state index in [4.69, 9.17) is 0 Å². The Morgan fingerprint density at radius 3 is 2.79 bits per heavy atom. The number of nitrogens with one attached hydrogen (secondary N) is 2. The molecule has 1 fully saturated rings. The summed E-state index contributed by atoms with van der Waals surface area (Å²) in [4.78, 5) is 29.5. The predicted molar refractivity (Wildman–Crippen MR) is 102 cm³/mol. The highest BCUT2D eigenvalue weighted by Gasteiger charge is 2.31. The van der Waals surface area contributed by atoms with Crippen LogP contribution < -0.4 is 15.5 Å². The van der Waals surface area contributed by atoms with Crippen LogP contribution in [0.3, 0.4) is 0 Å². The molecule has 4 rings (SSSR count). The van der Waals surface area contributed by atoms with Gasteiger partial charge in [0.1, 0.15) is 17.6 Å². The molecule has 2 aliphatic heterocycles. The molecule has 1 atom stereocenters. The largest absolute Gasteiger partial charge is 0.367 e. The highest BCUT2D eigenvalue weighted by atomic mass is 19.1. The van der Waals surface area contributed by atoms with Crippen LogP contribution in [-0.2, 0) is 9.59 Å². The van der Waals surface area contributed by atoms with Gasteiger partial charge in [0.05, 0.1) is 11.4 Å². The van der Waals surface area contributed by atoms with Crippen LogP contribution in [0, 0.1) is 11.6 Å². The summed E-state index contributed by atoms with van der Waals surface area (Å²) in [5.41, 5.74) is 1.38. The lowest BCUT2D eigenvalue weighted by Gasteiger charge is -2.22. The third-order valence-electron chi connectivity index (χ3n) is 4.86. The molecule has 0 spiro atoms. The van der Waals surface area contributed by atoms with Crippen molar-refractivity contribution in [1.29, 1.82) is 0 Å². The fourth-order valence-electron chi connectivity index (χ4n) is 3.45. The number of aliphatic imine (C=N–C) groups is 1. The van der Waals surface area contributed by atoms with E-state index in [0.717, 1.165) is 0 Å². The summed E-state index contributed by atoms with van der Waals surface area (Å²) in [6, 6.07) is 8.93. The molecule has 2 amide bonds. The van der Waals surface area contributed by atoms with Crippen LogP contribution in [0.2, 0.25) is 0 Å². The summed E-state index contributed by atoms with van der Waals surface area (Å²) in [6.07, 6.45) is 1.63. The van der Waals surface area contributed by atoms with Gasteiger partial charge < -0.3 is 15.5 Å². The molecule has 1 unspecified atom stereocenters. The molecule has 0 radical (unpaired) electrons. The fraction of sp³-hybridized carbons (Fsp3) is 0.250. The molecule has 2 aliphatic rings. The summed E-state index contributed by atoms with van der Waals surface area (Å²) in [7, 11) is 0. The Morgan fingerprint density at radius 1 is 1.11 bits per heavy atom. The number of halogens is 2. The molecule has 6 nitrogen and oxygen atoms in total. The summed E-state index contributed by atoms with van der Waals surface area (Å²) < 4.78 is 28.7.